The Hall–Kier alpha value is -4.17. The molecule has 0 saturated heterocycles. The lowest BCUT2D eigenvalue weighted by atomic mass is 9.94. The molecule has 2 amide bonds. The topological polar surface area (TPSA) is 116 Å². The maximum absolute atomic E-state index is 14.0. The van der Waals surface area contributed by atoms with Crippen LogP contribution in [-0.4, -0.2) is 22.7 Å². The molecule has 180 valence electrons. The number of methoxy groups -OCH3 is 1. The SMILES string of the molecule is COc1ccccc1-c1c(N(C(N)=O)c2c(CN)cccc2C(C)C)c(=O)n(C)c2ncccc12. The van der Waals surface area contributed by atoms with Gasteiger partial charge in [0.25, 0.3) is 5.56 Å². The standard InChI is InChI=1S/C27H29N5O3/c1-16(2)18-11-7-9-17(15-28)23(18)32(27(29)34)24-22(19-10-5-6-13-21(19)35-4)20-12-8-14-30-25(20)31(3)26(24)33/h5-14,16H,15,28H2,1-4H3,(H2,29,34). The Balaban J connectivity index is 2.25. The van der Waals surface area contributed by atoms with Gasteiger partial charge in [-0.2, -0.15) is 0 Å². The number of aromatic nitrogens is 2. The van der Waals surface area contributed by atoms with Gasteiger partial charge in [0.15, 0.2) is 0 Å². The first-order chi connectivity index (χ1) is 16.8. The van der Waals surface area contributed by atoms with Gasteiger partial charge in [0, 0.05) is 36.3 Å². The lowest BCUT2D eigenvalue weighted by Crippen LogP contribution is -2.38. The van der Waals surface area contributed by atoms with Crippen molar-refractivity contribution in [2.24, 2.45) is 18.5 Å². The quantitative estimate of drug-likeness (QED) is 0.432. The summed E-state index contributed by atoms with van der Waals surface area (Å²) in [7, 11) is 3.19. The third-order valence-corrected chi connectivity index (χ3v) is 6.15. The monoisotopic (exact) mass is 471 g/mol. The summed E-state index contributed by atoms with van der Waals surface area (Å²) >= 11 is 0. The smallest absolute Gasteiger partial charge is 0.324 e. The van der Waals surface area contributed by atoms with Gasteiger partial charge < -0.3 is 16.2 Å². The average Bonchev–Trinajstić information content (AvgIpc) is 2.87. The Morgan fingerprint density at radius 1 is 1.09 bits per heavy atom. The first kappa shape index (κ1) is 24.0. The van der Waals surface area contributed by atoms with Crippen molar-refractivity contribution in [1.82, 2.24) is 9.55 Å². The molecule has 0 unspecified atom stereocenters. The van der Waals surface area contributed by atoms with E-state index in [1.807, 2.05) is 56.3 Å². The minimum atomic E-state index is -0.788. The highest BCUT2D eigenvalue weighted by Crippen LogP contribution is 2.43. The van der Waals surface area contributed by atoms with E-state index in [0.717, 1.165) is 5.56 Å². The number of benzene rings is 2. The molecule has 35 heavy (non-hydrogen) atoms. The lowest BCUT2D eigenvalue weighted by Gasteiger charge is -2.29. The molecule has 0 aliphatic carbocycles. The second kappa shape index (κ2) is 9.60. The number of ether oxygens (including phenoxy) is 1. The van der Waals surface area contributed by atoms with Crippen molar-refractivity contribution >= 4 is 28.4 Å². The molecule has 0 spiro atoms. The predicted octanol–water partition coefficient (Wildman–Crippen LogP) is 4.41. The molecule has 2 heterocycles. The van der Waals surface area contributed by atoms with Crippen LogP contribution in [0, 0.1) is 0 Å². The molecule has 0 saturated carbocycles. The first-order valence-electron chi connectivity index (χ1n) is 11.3. The summed E-state index contributed by atoms with van der Waals surface area (Å²) in [5.41, 5.74) is 15.5. The maximum Gasteiger partial charge on any atom is 0.324 e. The van der Waals surface area contributed by atoms with E-state index in [1.165, 1.54) is 9.47 Å². The van der Waals surface area contributed by atoms with E-state index in [-0.39, 0.29) is 18.2 Å². The van der Waals surface area contributed by atoms with Gasteiger partial charge in [-0.3, -0.25) is 14.3 Å². The molecule has 0 aliphatic rings. The van der Waals surface area contributed by atoms with E-state index in [4.69, 9.17) is 16.2 Å². The minimum absolute atomic E-state index is 0.0408. The number of para-hydroxylation sites is 2. The predicted molar refractivity (Wildman–Crippen MR) is 139 cm³/mol. The Bertz CT molecular complexity index is 1480. The number of primary amides is 1. The van der Waals surface area contributed by atoms with E-state index in [0.29, 0.717) is 39.2 Å². The van der Waals surface area contributed by atoms with Gasteiger partial charge in [-0.1, -0.05) is 50.2 Å². The number of nitrogens with zero attached hydrogens (tertiary/aromatic N) is 3. The number of hydrogen-bond acceptors (Lipinski definition) is 5. The number of fused-ring (bicyclic) bond motifs is 1. The fourth-order valence-electron chi connectivity index (χ4n) is 4.53. The normalized spacial score (nSPS) is 11.1. The molecule has 2 aromatic carbocycles. The van der Waals surface area contributed by atoms with Gasteiger partial charge in [0.2, 0.25) is 0 Å². The van der Waals surface area contributed by atoms with Gasteiger partial charge in [0.1, 0.15) is 17.1 Å². The zero-order chi connectivity index (χ0) is 25.3. The summed E-state index contributed by atoms with van der Waals surface area (Å²) in [6.07, 6.45) is 1.62. The Kier molecular flexibility index (Phi) is 6.57. The van der Waals surface area contributed by atoms with E-state index >= 15 is 0 Å². The van der Waals surface area contributed by atoms with Crippen LogP contribution in [0.25, 0.3) is 22.2 Å². The molecule has 0 atom stereocenters. The van der Waals surface area contributed by atoms with Crippen molar-refractivity contribution in [3.63, 3.8) is 0 Å². The van der Waals surface area contributed by atoms with Crippen LogP contribution in [0.3, 0.4) is 0 Å². The first-order valence-corrected chi connectivity index (χ1v) is 11.3. The summed E-state index contributed by atoms with van der Waals surface area (Å²) in [4.78, 5) is 32.9. The van der Waals surface area contributed by atoms with Crippen molar-refractivity contribution in [2.45, 2.75) is 26.3 Å². The third-order valence-electron chi connectivity index (χ3n) is 6.15. The van der Waals surface area contributed by atoms with Crippen molar-refractivity contribution in [3.8, 4) is 16.9 Å². The Morgan fingerprint density at radius 2 is 1.83 bits per heavy atom. The van der Waals surface area contributed by atoms with Crippen molar-refractivity contribution in [1.29, 1.82) is 0 Å². The minimum Gasteiger partial charge on any atom is -0.496 e. The molecule has 0 fully saturated rings. The number of carbonyl (C=O) groups excluding carboxylic acids is 1. The molecular weight excluding hydrogens is 442 g/mol. The second-order valence-corrected chi connectivity index (χ2v) is 8.55. The van der Waals surface area contributed by atoms with Gasteiger partial charge in [-0.05, 0) is 35.2 Å². The van der Waals surface area contributed by atoms with Gasteiger partial charge in [-0.15, -0.1) is 0 Å². The summed E-state index contributed by atoms with van der Waals surface area (Å²) < 4.78 is 7.07. The zero-order valence-corrected chi connectivity index (χ0v) is 20.3. The number of hydrogen-bond donors (Lipinski definition) is 2. The van der Waals surface area contributed by atoms with E-state index in [2.05, 4.69) is 4.98 Å². The highest BCUT2D eigenvalue weighted by atomic mass is 16.5. The van der Waals surface area contributed by atoms with Crippen LogP contribution >= 0.6 is 0 Å². The Labute approximate surface area is 203 Å². The van der Waals surface area contributed by atoms with Crippen molar-refractivity contribution in [3.05, 3.63) is 82.3 Å². The van der Waals surface area contributed by atoms with Gasteiger partial charge in [0.05, 0.1) is 12.8 Å². The van der Waals surface area contributed by atoms with Gasteiger partial charge in [-0.25, -0.2) is 9.78 Å². The molecule has 4 aromatic rings. The number of anilines is 2. The van der Waals surface area contributed by atoms with Crippen LogP contribution in [-0.2, 0) is 13.6 Å². The number of rotatable bonds is 6. The molecule has 0 radical (unpaired) electrons. The van der Waals surface area contributed by atoms with Crippen LogP contribution < -0.4 is 26.7 Å². The van der Waals surface area contributed by atoms with Crippen LogP contribution in [0.1, 0.15) is 30.9 Å². The molecule has 8 heteroatoms. The number of amides is 2. The number of pyridine rings is 2. The largest absolute Gasteiger partial charge is 0.496 e. The lowest BCUT2D eigenvalue weighted by molar-refractivity contribution is 0.256. The second-order valence-electron chi connectivity index (χ2n) is 8.55. The number of urea groups is 1. The van der Waals surface area contributed by atoms with E-state index < -0.39 is 11.6 Å². The Morgan fingerprint density at radius 3 is 2.49 bits per heavy atom. The zero-order valence-electron chi connectivity index (χ0n) is 20.3. The van der Waals surface area contributed by atoms with Gasteiger partial charge >= 0.3 is 6.03 Å². The van der Waals surface area contributed by atoms with Crippen molar-refractivity contribution in [2.75, 3.05) is 12.0 Å². The molecular formula is C27H29N5O3. The number of nitrogens with two attached hydrogens (primary N) is 2. The average molecular weight is 472 g/mol. The highest BCUT2D eigenvalue weighted by Gasteiger charge is 2.31. The summed E-state index contributed by atoms with van der Waals surface area (Å²) in [5, 5.41) is 0.677. The maximum atomic E-state index is 14.0. The van der Waals surface area contributed by atoms with Crippen molar-refractivity contribution < 1.29 is 9.53 Å². The van der Waals surface area contributed by atoms with Crippen LogP contribution in [0.5, 0.6) is 5.75 Å². The fraction of sp³-hybridized carbons (Fsp3) is 0.222. The molecule has 4 N–H and O–H groups in total. The molecule has 2 aromatic heterocycles. The molecule has 4 rings (SSSR count). The fourth-order valence-corrected chi connectivity index (χ4v) is 4.53. The van der Waals surface area contributed by atoms with Crippen LogP contribution in [0.15, 0.2) is 65.6 Å². The molecule has 0 bridgehead atoms. The summed E-state index contributed by atoms with van der Waals surface area (Å²) in [6.45, 7) is 4.20. The third kappa shape index (κ3) is 4.02. The van der Waals surface area contributed by atoms with E-state index in [1.54, 1.807) is 32.5 Å². The number of aryl methyl sites for hydroxylation is 1. The van der Waals surface area contributed by atoms with Crippen LogP contribution in [0.4, 0.5) is 16.2 Å². The van der Waals surface area contributed by atoms with Crippen LogP contribution in [0.2, 0.25) is 0 Å². The highest BCUT2D eigenvalue weighted by molar-refractivity contribution is 6.09. The molecule has 0 aliphatic heterocycles. The summed E-state index contributed by atoms with van der Waals surface area (Å²) in [5.74, 6) is 0.590. The number of carbonyl (C=O) groups is 1. The molecule has 8 nitrogen and oxygen atoms in total. The van der Waals surface area contributed by atoms with E-state index in [9.17, 15) is 9.59 Å². The summed E-state index contributed by atoms with van der Waals surface area (Å²) in [6, 6.07) is 15.9.